The van der Waals surface area contributed by atoms with Gasteiger partial charge in [-0.05, 0) is 24.1 Å². The van der Waals surface area contributed by atoms with Gasteiger partial charge in [-0.15, -0.1) is 0 Å². The van der Waals surface area contributed by atoms with Crippen molar-refractivity contribution in [3.8, 4) is 0 Å². The lowest BCUT2D eigenvalue weighted by molar-refractivity contribution is -0.136. The molecule has 0 saturated heterocycles. The summed E-state index contributed by atoms with van der Waals surface area (Å²) < 4.78 is 11.9. The second-order valence-electron chi connectivity index (χ2n) is 3.77. The zero-order valence-electron chi connectivity index (χ0n) is 9.56. The highest BCUT2D eigenvalue weighted by molar-refractivity contribution is 7.85. The van der Waals surface area contributed by atoms with Crippen LogP contribution < -0.4 is 0 Å². The van der Waals surface area contributed by atoms with Crippen LogP contribution in [0.3, 0.4) is 0 Å². The van der Waals surface area contributed by atoms with Crippen LogP contribution >= 0.6 is 11.6 Å². The molecule has 2 unspecified atom stereocenters. The number of carbonyl (C=O) groups is 1. The summed E-state index contributed by atoms with van der Waals surface area (Å²) in [5, 5.41) is 8.81. The molecule has 0 aliphatic heterocycles. The lowest BCUT2D eigenvalue weighted by Gasteiger charge is -2.11. The number of halogens is 1. The minimum atomic E-state index is -1.39. The van der Waals surface area contributed by atoms with Crippen LogP contribution in [0.15, 0.2) is 24.3 Å². The van der Waals surface area contributed by atoms with Gasteiger partial charge in [0, 0.05) is 21.6 Å². The number of benzene rings is 1. The van der Waals surface area contributed by atoms with Crippen molar-refractivity contribution in [2.45, 2.75) is 30.8 Å². The summed E-state index contributed by atoms with van der Waals surface area (Å²) in [5.74, 6) is -0.729. The van der Waals surface area contributed by atoms with Crippen molar-refractivity contribution < 1.29 is 14.1 Å². The van der Waals surface area contributed by atoms with Gasteiger partial charge in [0.25, 0.3) is 0 Å². The topological polar surface area (TPSA) is 54.4 Å². The molecule has 3 nitrogen and oxygen atoms in total. The van der Waals surface area contributed by atoms with E-state index in [-0.39, 0.29) is 5.75 Å². The Morgan fingerprint density at radius 3 is 2.47 bits per heavy atom. The summed E-state index contributed by atoms with van der Waals surface area (Å²) in [6, 6.07) is 6.96. The van der Waals surface area contributed by atoms with E-state index in [1.807, 2.05) is 6.92 Å². The zero-order valence-corrected chi connectivity index (χ0v) is 11.1. The van der Waals surface area contributed by atoms with Crippen LogP contribution in [0, 0.1) is 0 Å². The third-order valence-electron chi connectivity index (χ3n) is 2.37. The third-order valence-corrected chi connectivity index (χ3v) is 4.31. The SMILES string of the molecule is CCCC(C(=O)O)S(=O)Cc1ccc(Cl)cc1. The monoisotopic (exact) mass is 274 g/mol. The Labute approximate surface area is 108 Å². The summed E-state index contributed by atoms with van der Waals surface area (Å²) in [6.07, 6.45) is 1.15. The van der Waals surface area contributed by atoms with Crippen LogP contribution in [0.1, 0.15) is 25.3 Å². The zero-order chi connectivity index (χ0) is 12.8. The molecule has 1 rings (SSSR count). The first-order valence-electron chi connectivity index (χ1n) is 5.39. The fraction of sp³-hybridized carbons (Fsp3) is 0.417. The first kappa shape index (κ1) is 14.2. The molecule has 0 fully saturated rings. The molecule has 2 atom stereocenters. The predicted octanol–water partition coefficient (Wildman–Crippen LogP) is 2.84. The maximum atomic E-state index is 11.9. The molecule has 0 saturated carbocycles. The largest absolute Gasteiger partial charge is 0.480 e. The van der Waals surface area contributed by atoms with Gasteiger partial charge in [0.1, 0.15) is 5.25 Å². The van der Waals surface area contributed by atoms with Gasteiger partial charge in [-0.25, -0.2) is 0 Å². The molecule has 0 aliphatic rings. The number of carboxylic acids is 1. The highest BCUT2D eigenvalue weighted by Crippen LogP contribution is 2.14. The van der Waals surface area contributed by atoms with Crippen molar-refractivity contribution in [2.75, 3.05) is 0 Å². The van der Waals surface area contributed by atoms with Crippen molar-refractivity contribution >= 4 is 28.4 Å². The fourth-order valence-corrected chi connectivity index (χ4v) is 3.05. The molecule has 17 heavy (non-hydrogen) atoms. The quantitative estimate of drug-likeness (QED) is 0.868. The lowest BCUT2D eigenvalue weighted by Crippen LogP contribution is -2.26. The molecule has 1 aromatic carbocycles. The van der Waals surface area contributed by atoms with Gasteiger partial charge in [0.15, 0.2) is 0 Å². The molecular weight excluding hydrogens is 260 g/mol. The minimum absolute atomic E-state index is 0.258. The van der Waals surface area contributed by atoms with Gasteiger partial charge < -0.3 is 5.11 Å². The van der Waals surface area contributed by atoms with Crippen LogP contribution in [0.2, 0.25) is 5.02 Å². The summed E-state index contributed by atoms with van der Waals surface area (Å²) >= 11 is 5.74. The normalized spacial score (nSPS) is 14.2. The summed E-state index contributed by atoms with van der Waals surface area (Å²) in [7, 11) is -1.39. The van der Waals surface area contributed by atoms with Crippen LogP contribution in [-0.2, 0) is 21.3 Å². The van der Waals surface area contributed by atoms with E-state index in [1.165, 1.54) is 0 Å². The van der Waals surface area contributed by atoms with Gasteiger partial charge in [0.2, 0.25) is 0 Å². The van der Waals surface area contributed by atoms with E-state index in [0.29, 0.717) is 17.9 Å². The van der Waals surface area contributed by atoms with Crippen molar-refractivity contribution in [1.29, 1.82) is 0 Å². The number of carboxylic acid groups (broad SMARTS) is 1. The minimum Gasteiger partial charge on any atom is -0.480 e. The van der Waals surface area contributed by atoms with E-state index in [0.717, 1.165) is 5.56 Å². The molecule has 0 radical (unpaired) electrons. The Kier molecular flexibility index (Phi) is 5.65. The Morgan fingerprint density at radius 1 is 1.41 bits per heavy atom. The molecule has 0 spiro atoms. The molecule has 0 amide bonds. The van der Waals surface area contributed by atoms with Gasteiger partial charge in [-0.2, -0.15) is 0 Å². The molecule has 94 valence electrons. The van der Waals surface area contributed by atoms with Gasteiger partial charge in [-0.1, -0.05) is 37.1 Å². The smallest absolute Gasteiger partial charge is 0.319 e. The Bertz CT molecular complexity index is 403. The van der Waals surface area contributed by atoms with Crippen molar-refractivity contribution in [3.05, 3.63) is 34.9 Å². The standard InChI is InChI=1S/C12H15ClO3S/c1-2-3-11(12(14)15)17(16)8-9-4-6-10(13)7-5-9/h4-7,11H,2-3,8H2,1H3,(H,14,15). The van der Waals surface area contributed by atoms with Crippen molar-refractivity contribution in [3.63, 3.8) is 0 Å². The average Bonchev–Trinajstić information content (AvgIpc) is 2.28. The number of aliphatic carboxylic acids is 1. The van der Waals surface area contributed by atoms with Crippen LogP contribution in [0.25, 0.3) is 0 Å². The van der Waals surface area contributed by atoms with Crippen molar-refractivity contribution in [2.24, 2.45) is 0 Å². The summed E-state index contributed by atoms with van der Waals surface area (Å²) in [5.41, 5.74) is 0.843. The first-order valence-corrected chi connectivity index (χ1v) is 7.15. The average molecular weight is 275 g/mol. The molecule has 1 N–H and O–H groups in total. The Hall–Kier alpha value is -0.870. The Balaban J connectivity index is 2.69. The van der Waals surface area contributed by atoms with E-state index < -0.39 is 22.0 Å². The second kappa shape index (κ2) is 6.77. The molecule has 5 heteroatoms. The molecule has 0 heterocycles. The van der Waals surface area contributed by atoms with Gasteiger partial charge >= 0.3 is 5.97 Å². The van der Waals surface area contributed by atoms with E-state index >= 15 is 0 Å². The summed E-state index contributed by atoms with van der Waals surface area (Å²) in [6.45, 7) is 1.88. The van der Waals surface area contributed by atoms with Crippen molar-refractivity contribution in [1.82, 2.24) is 0 Å². The highest BCUT2D eigenvalue weighted by atomic mass is 35.5. The number of hydrogen-bond acceptors (Lipinski definition) is 2. The predicted molar refractivity (Wildman–Crippen MR) is 69.6 cm³/mol. The van der Waals surface area contributed by atoms with E-state index in [4.69, 9.17) is 16.7 Å². The van der Waals surface area contributed by atoms with Crippen LogP contribution in [-0.4, -0.2) is 20.5 Å². The number of hydrogen-bond donors (Lipinski definition) is 1. The van der Waals surface area contributed by atoms with E-state index in [2.05, 4.69) is 0 Å². The molecular formula is C12H15ClO3S. The van der Waals surface area contributed by atoms with E-state index in [9.17, 15) is 9.00 Å². The maximum Gasteiger partial charge on any atom is 0.319 e. The van der Waals surface area contributed by atoms with Gasteiger partial charge in [-0.3, -0.25) is 9.00 Å². The maximum absolute atomic E-state index is 11.9. The third kappa shape index (κ3) is 4.48. The van der Waals surface area contributed by atoms with Crippen LogP contribution in [0.4, 0.5) is 0 Å². The molecule has 1 aromatic rings. The van der Waals surface area contributed by atoms with E-state index in [1.54, 1.807) is 24.3 Å². The molecule has 0 aromatic heterocycles. The first-order chi connectivity index (χ1) is 8.04. The lowest BCUT2D eigenvalue weighted by atomic mass is 10.2. The molecule has 0 aliphatic carbocycles. The number of rotatable bonds is 6. The fourth-order valence-electron chi connectivity index (χ4n) is 1.48. The molecule has 0 bridgehead atoms. The van der Waals surface area contributed by atoms with Gasteiger partial charge in [0.05, 0.1) is 0 Å². The Morgan fingerprint density at radius 2 is 2.00 bits per heavy atom. The summed E-state index contributed by atoms with van der Waals surface area (Å²) in [4.78, 5) is 11.0. The second-order valence-corrected chi connectivity index (χ2v) is 5.82. The van der Waals surface area contributed by atoms with Crippen LogP contribution in [0.5, 0.6) is 0 Å². The highest BCUT2D eigenvalue weighted by Gasteiger charge is 2.23.